The number of alkyl halides is 1. The lowest BCUT2D eigenvalue weighted by Crippen LogP contribution is -2.31. The Labute approximate surface area is 112 Å². The quantitative estimate of drug-likeness (QED) is 0.813. The third-order valence-corrected chi connectivity index (χ3v) is 2.97. The topological polar surface area (TPSA) is 29.1 Å². The molecule has 0 heterocycles. The fraction of sp³-hybridized carbons (Fsp3) is 0.462. The zero-order chi connectivity index (χ0) is 12.8. The molecule has 1 rings (SSSR count). The monoisotopic (exact) mass is 273 g/mol. The van der Waals surface area contributed by atoms with Crippen LogP contribution in [0.15, 0.2) is 24.3 Å². The van der Waals surface area contributed by atoms with Gasteiger partial charge in [0.05, 0.1) is 6.04 Å². The molecule has 17 heavy (non-hydrogen) atoms. The fourth-order valence-corrected chi connectivity index (χ4v) is 1.93. The molecule has 0 saturated heterocycles. The van der Waals surface area contributed by atoms with E-state index in [1.54, 1.807) is 0 Å². The number of benzene rings is 1. The number of amides is 1. The van der Waals surface area contributed by atoms with Crippen LogP contribution in [0.3, 0.4) is 0 Å². The molecule has 0 spiro atoms. The van der Waals surface area contributed by atoms with E-state index in [-0.39, 0.29) is 11.9 Å². The Morgan fingerprint density at radius 3 is 2.35 bits per heavy atom. The first-order valence-electron chi connectivity index (χ1n) is 5.65. The van der Waals surface area contributed by atoms with Gasteiger partial charge in [-0.3, -0.25) is 4.79 Å². The van der Waals surface area contributed by atoms with Gasteiger partial charge < -0.3 is 5.32 Å². The van der Waals surface area contributed by atoms with Crippen molar-refractivity contribution in [1.29, 1.82) is 0 Å². The molecule has 0 radical (unpaired) electrons. The highest BCUT2D eigenvalue weighted by atomic mass is 35.5. The Bertz CT molecular complexity index is 362. The third kappa shape index (κ3) is 4.57. The number of halogens is 2. The van der Waals surface area contributed by atoms with Crippen molar-refractivity contribution in [2.75, 3.05) is 5.88 Å². The van der Waals surface area contributed by atoms with Crippen LogP contribution in [0.4, 0.5) is 0 Å². The molecule has 1 aromatic carbocycles. The fourth-order valence-electron chi connectivity index (χ4n) is 1.64. The summed E-state index contributed by atoms with van der Waals surface area (Å²) in [6.45, 7) is 4.14. The van der Waals surface area contributed by atoms with Gasteiger partial charge in [-0.1, -0.05) is 37.6 Å². The lowest BCUT2D eigenvalue weighted by atomic mass is 9.96. The summed E-state index contributed by atoms with van der Waals surface area (Å²) in [5.74, 6) is 0.640. The van der Waals surface area contributed by atoms with Crippen LogP contribution < -0.4 is 5.32 Å². The molecule has 0 aliphatic heterocycles. The minimum atomic E-state index is -0.0198. The second-order valence-electron chi connectivity index (χ2n) is 4.28. The van der Waals surface area contributed by atoms with Crippen LogP contribution in [0, 0.1) is 5.92 Å². The van der Waals surface area contributed by atoms with Crippen molar-refractivity contribution in [2.24, 2.45) is 5.92 Å². The predicted octanol–water partition coefficient (Wildman–Crippen LogP) is 3.78. The van der Waals surface area contributed by atoms with E-state index in [1.165, 1.54) is 0 Å². The summed E-state index contributed by atoms with van der Waals surface area (Å²) in [7, 11) is 0. The second-order valence-corrected chi connectivity index (χ2v) is 5.09. The van der Waals surface area contributed by atoms with Gasteiger partial charge in [0, 0.05) is 17.3 Å². The van der Waals surface area contributed by atoms with Crippen molar-refractivity contribution in [3.63, 3.8) is 0 Å². The number of nitrogens with one attached hydrogen (secondary N) is 1. The van der Waals surface area contributed by atoms with E-state index in [2.05, 4.69) is 19.2 Å². The van der Waals surface area contributed by atoms with E-state index in [0.717, 1.165) is 5.56 Å². The standard InChI is InChI=1S/C13H17Cl2NO/c1-9(2)13(16-12(17)7-8-14)10-3-5-11(15)6-4-10/h3-6,9,13H,7-8H2,1-2H3,(H,16,17). The largest absolute Gasteiger partial charge is 0.349 e. The van der Waals surface area contributed by atoms with Crippen LogP contribution in [-0.4, -0.2) is 11.8 Å². The summed E-state index contributed by atoms with van der Waals surface area (Å²) in [6, 6.07) is 7.55. The molecule has 0 aliphatic rings. The average Bonchev–Trinajstić information content (AvgIpc) is 2.27. The number of carbonyl (C=O) groups is 1. The Morgan fingerprint density at radius 2 is 1.88 bits per heavy atom. The molecule has 0 aromatic heterocycles. The SMILES string of the molecule is CC(C)C(NC(=O)CCCl)c1ccc(Cl)cc1. The smallest absolute Gasteiger partial charge is 0.221 e. The van der Waals surface area contributed by atoms with Crippen molar-refractivity contribution in [1.82, 2.24) is 5.32 Å². The minimum Gasteiger partial charge on any atom is -0.349 e. The van der Waals surface area contributed by atoms with Gasteiger partial charge in [0.2, 0.25) is 5.91 Å². The molecule has 0 bridgehead atoms. The number of hydrogen-bond acceptors (Lipinski definition) is 1. The van der Waals surface area contributed by atoms with Crippen molar-refractivity contribution < 1.29 is 4.79 Å². The van der Waals surface area contributed by atoms with Gasteiger partial charge in [-0.2, -0.15) is 0 Å². The first-order valence-corrected chi connectivity index (χ1v) is 6.56. The molecule has 0 fully saturated rings. The van der Waals surface area contributed by atoms with E-state index in [9.17, 15) is 4.79 Å². The van der Waals surface area contributed by atoms with Crippen molar-refractivity contribution >= 4 is 29.1 Å². The number of rotatable bonds is 5. The first-order chi connectivity index (χ1) is 8.04. The van der Waals surface area contributed by atoms with Crippen molar-refractivity contribution in [2.45, 2.75) is 26.3 Å². The molecular weight excluding hydrogens is 257 g/mol. The lowest BCUT2D eigenvalue weighted by Gasteiger charge is -2.22. The molecule has 1 atom stereocenters. The van der Waals surface area contributed by atoms with Crippen molar-refractivity contribution in [3.8, 4) is 0 Å². The van der Waals surface area contributed by atoms with Crippen LogP contribution in [0.2, 0.25) is 5.02 Å². The number of carbonyl (C=O) groups excluding carboxylic acids is 1. The van der Waals surface area contributed by atoms with Gasteiger partial charge in [-0.05, 0) is 23.6 Å². The first kappa shape index (κ1) is 14.3. The van der Waals surface area contributed by atoms with Gasteiger partial charge in [0.25, 0.3) is 0 Å². The highest BCUT2D eigenvalue weighted by molar-refractivity contribution is 6.30. The molecule has 94 valence electrons. The molecule has 0 saturated carbocycles. The van der Waals surface area contributed by atoms with Crippen LogP contribution in [0.25, 0.3) is 0 Å². The molecule has 1 N–H and O–H groups in total. The summed E-state index contributed by atoms with van der Waals surface area (Å²) in [5.41, 5.74) is 1.06. The Hall–Kier alpha value is -0.730. The van der Waals surface area contributed by atoms with Gasteiger partial charge in [0.15, 0.2) is 0 Å². The average molecular weight is 274 g/mol. The Balaban J connectivity index is 2.79. The summed E-state index contributed by atoms with van der Waals surface area (Å²) in [4.78, 5) is 11.6. The molecule has 1 unspecified atom stereocenters. The zero-order valence-corrected chi connectivity index (χ0v) is 11.6. The molecule has 2 nitrogen and oxygen atoms in total. The summed E-state index contributed by atoms with van der Waals surface area (Å²) in [6.07, 6.45) is 0.346. The molecule has 1 aromatic rings. The summed E-state index contributed by atoms with van der Waals surface area (Å²) < 4.78 is 0. The maximum absolute atomic E-state index is 11.6. The van der Waals surface area contributed by atoms with Crippen LogP contribution >= 0.6 is 23.2 Å². The van der Waals surface area contributed by atoms with E-state index in [0.29, 0.717) is 23.2 Å². The van der Waals surface area contributed by atoms with E-state index in [4.69, 9.17) is 23.2 Å². The van der Waals surface area contributed by atoms with Crippen LogP contribution in [0.1, 0.15) is 31.9 Å². The molecule has 0 aliphatic carbocycles. The zero-order valence-electron chi connectivity index (χ0n) is 10.0. The highest BCUT2D eigenvalue weighted by Gasteiger charge is 2.17. The molecule has 4 heteroatoms. The maximum atomic E-state index is 11.6. The second kappa shape index (κ2) is 6.87. The number of hydrogen-bond donors (Lipinski definition) is 1. The summed E-state index contributed by atoms with van der Waals surface area (Å²) >= 11 is 11.4. The van der Waals surface area contributed by atoms with Gasteiger partial charge in [0.1, 0.15) is 0 Å². The van der Waals surface area contributed by atoms with Crippen LogP contribution in [0.5, 0.6) is 0 Å². The minimum absolute atomic E-state index is 0.00276. The Morgan fingerprint density at radius 1 is 1.29 bits per heavy atom. The van der Waals surface area contributed by atoms with Crippen molar-refractivity contribution in [3.05, 3.63) is 34.9 Å². The molecule has 1 amide bonds. The lowest BCUT2D eigenvalue weighted by molar-refractivity contribution is -0.121. The van der Waals surface area contributed by atoms with E-state index in [1.807, 2.05) is 24.3 Å². The normalized spacial score (nSPS) is 12.5. The van der Waals surface area contributed by atoms with Crippen LogP contribution in [-0.2, 0) is 4.79 Å². The Kier molecular flexibility index (Phi) is 5.79. The third-order valence-electron chi connectivity index (χ3n) is 2.53. The van der Waals surface area contributed by atoms with Gasteiger partial charge >= 0.3 is 0 Å². The molecular formula is C13H17Cl2NO. The van der Waals surface area contributed by atoms with E-state index >= 15 is 0 Å². The predicted molar refractivity (Wildman–Crippen MR) is 72.5 cm³/mol. The maximum Gasteiger partial charge on any atom is 0.221 e. The highest BCUT2D eigenvalue weighted by Crippen LogP contribution is 2.23. The van der Waals surface area contributed by atoms with Gasteiger partial charge in [-0.25, -0.2) is 0 Å². The summed E-state index contributed by atoms with van der Waals surface area (Å²) in [5, 5.41) is 3.68. The van der Waals surface area contributed by atoms with Gasteiger partial charge in [-0.15, -0.1) is 11.6 Å². The van der Waals surface area contributed by atoms with E-state index < -0.39 is 0 Å².